The fourth-order valence-corrected chi connectivity index (χ4v) is 2.69. The van der Waals surface area contributed by atoms with Gasteiger partial charge in [0.15, 0.2) is 5.11 Å². The molecule has 19 heavy (non-hydrogen) atoms. The summed E-state index contributed by atoms with van der Waals surface area (Å²) in [4.78, 5) is 1.94. The van der Waals surface area contributed by atoms with Crippen molar-refractivity contribution in [3.63, 3.8) is 0 Å². The number of thiocarbonyl (C=S) groups is 1. The van der Waals surface area contributed by atoms with Crippen LogP contribution < -0.4 is 10.2 Å². The molecule has 1 fully saturated rings. The minimum absolute atomic E-state index is 0.503. The summed E-state index contributed by atoms with van der Waals surface area (Å²) in [6, 6.07) is 10.2. The molecule has 0 atom stereocenters. The first-order valence-electron chi connectivity index (χ1n) is 6.75. The highest BCUT2D eigenvalue weighted by molar-refractivity contribution is 7.80. The van der Waals surface area contributed by atoms with Crippen LogP contribution in [0.2, 0.25) is 0 Å². The van der Waals surface area contributed by atoms with Crippen molar-refractivity contribution >= 4 is 23.0 Å². The molecule has 1 aliphatic rings. The van der Waals surface area contributed by atoms with E-state index < -0.39 is 0 Å². The molecule has 0 aromatic heterocycles. The second-order valence-corrected chi connectivity index (χ2v) is 5.39. The molecule has 1 aliphatic carbocycles. The zero-order chi connectivity index (χ0) is 13.7. The van der Waals surface area contributed by atoms with Gasteiger partial charge in [-0.3, -0.25) is 0 Å². The van der Waals surface area contributed by atoms with Crippen LogP contribution in [0.5, 0.6) is 0 Å². The van der Waals surface area contributed by atoms with E-state index in [2.05, 4.69) is 11.4 Å². The van der Waals surface area contributed by atoms with E-state index in [-0.39, 0.29) is 0 Å². The van der Waals surface area contributed by atoms with E-state index in [0.717, 1.165) is 10.8 Å². The van der Waals surface area contributed by atoms with Crippen LogP contribution in [0, 0.1) is 11.3 Å². The lowest BCUT2D eigenvalue weighted by molar-refractivity contribution is 0.414. The standard InChI is InChI=1S/C15H19N3S/c1-18(14-9-5-6-12(10-14)11-16)15(19)17-13-7-3-2-4-8-13/h5-6,9-10,13H,2-4,7-8H2,1H3,(H,17,19). The Kier molecular flexibility index (Phi) is 4.75. The highest BCUT2D eigenvalue weighted by Gasteiger charge is 2.16. The van der Waals surface area contributed by atoms with Gasteiger partial charge in [0, 0.05) is 18.8 Å². The van der Waals surface area contributed by atoms with Gasteiger partial charge in [0.25, 0.3) is 0 Å². The Morgan fingerprint density at radius 3 is 2.79 bits per heavy atom. The first-order chi connectivity index (χ1) is 9.20. The minimum Gasteiger partial charge on any atom is -0.360 e. The summed E-state index contributed by atoms with van der Waals surface area (Å²) in [5.41, 5.74) is 1.61. The zero-order valence-electron chi connectivity index (χ0n) is 11.2. The van der Waals surface area contributed by atoms with Crippen LogP contribution in [0.4, 0.5) is 5.69 Å². The maximum Gasteiger partial charge on any atom is 0.173 e. The zero-order valence-corrected chi connectivity index (χ0v) is 12.0. The third-order valence-electron chi connectivity index (χ3n) is 3.60. The number of hydrogen-bond acceptors (Lipinski definition) is 2. The average molecular weight is 273 g/mol. The predicted molar refractivity (Wildman–Crippen MR) is 82.2 cm³/mol. The summed E-state index contributed by atoms with van der Waals surface area (Å²) in [7, 11) is 1.94. The topological polar surface area (TPSA) is 39.1 Å². The molecule has 0 aliphatic heterocycles. The first-order valence-corrected chi connectivity index (χ1v) is 7.16. The van der Waals surface area contributed by atoms with Crippen LogP contribution in [0.1, 0.15) is 37.7 Å². The lowest BCUT2D eigenvalue weighted by Crippen LogP contribution is -2.43. The smallest absolute Gasteiger partial charge is 0.173 e. The van der Waals surface area contributed by atoms with Crippen LogP contribution in [-0.2, 0) is 0 Å². The molecule has 0 radical (unpaired) electrons. The van der Waals surface area contributed by atoms with Crippen molar-refractivity contribution in [2.45, 2.75) is 38.1 Å². The second-order valence-electron chi connectivity index (χ2n) is 5.01. The van der Waals surface area contributed by atoms with E-state index in [9.17, 15) is 0 Å². The van der Waals surface area contributed by atoms with Crippen molar-refractivity contribution in [2.24, 2.45) is 0 Å². The number of nitrogens with zero attached hydrogens (tertiary/aromatic N) is 2. The van der Waals surface area contributed by atoms with Crippen molar-refractivity contribution in [3.05, 3.63) is 29.8 Å². The van der Waals surface area contributed by atoms with Crippen LogP contribution in [-0.4, -0.2) is 18.2 Å². The Morgan fingerprint density at radius 1 is 1.37 bits per heavy atom. The molecule has 1 aromatic carbocycles. The molecule has 1 saturated carbocycles. The van der Waals surface area contributed by atoms with Gasteiger partial charge in [-0.15, -0.1) is 0 Å². The number of rotatable bonds is 2. The summed E-state index contributed by atoms with van der Waals surface area (Å²) < 4.78 is 0. The fourth-order valence-electron chi connectivity index (χ4n) is 2.42. The highest BCUT2D eigenvalue weighted by Crippen LogP contribution is 2.19. The maximum atomic E-state index is 8.93. The van der Waals surface area contributed by atoms with Crippen LogP contribution in [0.25, 0.3) is 0 Å². The van der Waals surface area contributed by atoms with Gasteiger partial charge < -0.3 is 10.2 Å². The summed E-state index contributed by atoms with van der Waals surface area (Å²) in [5.74, 6) is 0. The SMILES string of the molecule is CN(C(=S)NC1CCCCC1)c1cccc(C#N)c1. The summed E-state index contributed by atoms with van der Waals surface area (Å²) in [5, 5.41) is 13.1. The quantitative estimate of drug-likeness (QED) is 0.840. The van der Waals surface area contributed by atoms with Crippen molar-refractivity contribution in [2.75, 3.05) is 11.9 Å². The van der Waals surface area contributed by atoms with Crippen LogP contribution in [0.3, 0.4) is 0 Å². The van der Waals surface area contributed by atoms with E-state index in [1.54, 1.807) is 6.07 Å². The van der Waals surface area contributed by atoms with Gasteiger partial charge in [0.1, 0.15) is 0 Å². The number of nitrogens with one attached hydrogen (secondary N) is 1. The van der Waals surface area contributed by atoms with Crippen molar-refractivity contribution < 1.29 is 0 Å². The molecule has 3 nitrogen and oxygen atoms in total. The van der Waals surface area contributed by atoms with E-state index in [1.165, 1.54) is 32.1 Å². The van der Waals surface area contributed by atoms with Gasteiger partial charge in [0.2, 0.25) is 0 Å². The van der Waals surface area contributed by atoms with E-state index in [0.29, 0.717) is 11.6 Å². The largest absolute Gasteiger partial charge is 0.360 e. The molecular formula is C15H19N3S. The van der Waals surface area contributed by atoms with E-state index in [1.807, 2.05) is 30.1 Å². The molecule has 100 valence electrons. The monoisotopic (exact) mass is 273 g/mol. The molecule has 4 heteroatoms. The number of hydrogen-bond donors (Lipinski definition) is 1. The Morgan fingerprint density at radius 2 is 2.11 bits per heavy atom. The molecule has 0 spiro atoms. The molecular weight excluding hydrogens is 254 g/mol. The summed E-state index contributed by atoms with van der Waals surface area (Å²) in [6.45, 7) is 0. The predicted octanol–water partition coefficient (Wildman–Crippen LogP) is 3.20. The van der Waals surface area contributed by atoms with E-state index >= 15 is 0 Å². The summed E-state index contributed by atoms with van der Waals surface area (Å²) in [6.07, 6.45) is 6.31. The van der Waals surface area contributed by atoms with E-state index in [4.69, 9.17) is 17.5 Å². The van der Waals surface area contributed by atoms with Gasteiger partial charge in [0.05, 0.1) is 11.6 Å². The molecule has 0 unspecified atom stereocenters. The minimum atomic E-state index is 0.503. The molecule has 1 N–H and O–H groups in total. The van der Waals surface area contributed by atoms with Crippen LogP contribution in [0.15, 0.2) is 24.3 Å². The van der Waals surface area contributed by atoms with Gasteiger partial charge in [-0.2, -0.15) is 5.26 Å². The third kappa shape index (κ3) is 3.68. The Labute approximate surface area is 120 Å². The van der Waals surface area contributed by atoms with Crippen molar-refractivity contribution in [1.82, 2.24) is 5.32 Å². The average Bonchev–Trinajstić information content (AvgIpc) is 2.47. The number of benzene rings is 1. The van der Waals surface area contributed by atoms with Gasteiger partial charge >= 0.3 is 0 Å². The molecule has 2 rings (SSSR count). The van der Waals surface area contributed by atoms with Crippen LogP contribution >= 0.6 is 12.2 Å². The first kappa shape index (κ1) is 13.8. The lowest BCUT2D eigenvalue weighted by atomic mass is 9.96. The molecule has 0 amide bonds. The lowest BCUT2D eigenvalue weighted by Gasteiger charge is -2.28. The number of nitriles is 1. The Hall–Kier alpha value is -1.60. The Balaban J connectivity index is 1.99. The molecule has 0 heterocycles. The van der Waals surface area contributed by atoms with Gasteiger partial charge in [-0.1, -0.05) is 25.3 Å². The van der Waals surface area contributed by atoms with Crippen molar-refractivity contribution in [1.29, 1.82) is 5.26 Å². The second kappa shape index (κ2) is 6.53. The Bertz CT molecular complexity index is 486. The molecule has 1 aromatic rings. The summed E-state index contributed by atoms with van der Waals surface area (Å²) >= 11 is 5.45. The highest BCUT2D eigenvalue weighted by atomic mass is 32.1. The normalized spacial score (nSPS) is 15.6. The molecule has 0 bridgehead atoms. The number of anilines is 1. The molecule has 0 saturated heterocycles. The third-order valence-corrected chi connectivity index (χ3v) is 3.99. The fraction of sp³-hybridized carbons (Fsp3) is 0.467. The van der Waals surface area contributed by atoms with Gasteiger partial charge in [-0.05, 0) is 43.3 Å². The van der Waals surface area contributed by atoms with Crippen molar-refractivity contribution in [3.8, 4) is 6.07 Å². The maximum absolute atomic E-state index is 8.93. The van der Waals surface area contributed by atoms with Gasteiger partial charge in [-0.25, -0.2) is 0 Å².